The Morgan fingerprint density at radius 3 is 1.58 bits per heavy atom. The average Bonchev–Trinajstić information content (AvgIpc) is 2.40. The molecule has 1 aromatic carbocycles. The first-order chi connectivity index (χ1) is 11.1. The van der Waals surface area contributed by atoms with E-state index in [1.165, 1.54) is 25.1 Å². The van der Waals surface area contributed by atoms with Crippen molar-refractivity contribution in [3.05, 3.63) is 23.3 Å². The first kappa shape index (κ1) is 18.9. The molecule has 0 fully saturated rings. The average molecular weight is 336 g/mol. The standard InChI is InChI=1S/C16H16O8/c1-8(16(20)21)5-12-6-13(22-9(2)17)15(24-11(4)19)14(7-12)23-10(3)18/h5-7H,1-4H3,(H,20,21)/b8-5+. The fourth-order valence-corrected chi connectivity index (χ4v) is 1.70. The minimum Gasteiger partial charge on any atom is -0.478 e. The number of carboxylic acids is 1. The summed E-state index contributed by atoms with van der Waals surface area (Å²) >= 11 is 0. The number of carbonyl (C=O) groups excluding carboxylic acids is 3. The first-order valence-electron chi connectivity index (χ1n) is 6.75. The van der Waals surface area contributed by atoms with Crippen molar-refractivity contribution in [1.82, 2.24) is 0 Å². The molecule has 1 rings (SSSR count). The molecule has 8 heteroatoms. The van der Waals surface area contributed by atoms with E-state index in [1.807, 2.05) is 0 Å². The van der Waals surface area contributed by atoms with Crippen molar-refractivity contribution < 1.29 is 38.5 Å². The van der Waals surface area contributed by atoms with E-state index in [0.29, 0.717) is 0 Å². The van der Waals surface area contributed by atoms with E-state index in [0.717, 1.165) is 20.8 Å². The van der Waals surface area contributed by atoms with Gasteiger partial charge in [0, 0.05) is 26.3 Å². The van der Waals surface area contributed by atoms with Crippen LogP contribution in [0.1, 0.15) is 33.3 Å². The topological polar surface area (TPSA) is 116 Å². The summed E-state index contributed by atoms with van der Waals surface area (Å²) in [5.74, 6) is -3.88. The van der Waals surface area contributed by atoms with Gasteiger partial charge in [0.1, 0.15) is 0 Å². The fourth-order valence-electron chi connectivity index (χ4n) is 1.70. The minimum atomic E-state index is -1.15. The third-order valence-corrected chi connectivity index (χ3v) is 2.52. The highest BCUT2D eigenvalue weighted by molar-refractivity contribution is 5.92. The predicted octanol–water partition coefficient (Wildman–Crippen LogP) is 1.95. The van der Waals surface area contributed by atoms with Gasteiger partial charge in [0.2, 0.25) is 5.75 Å². The number of esters is 3. The molecule has 0 aromatic heterocycles. The lowest BCUT2D eigenvalue weighted by Crippen LogP contribution is -2.11. The summed E-state index contributed by atoms with van der Waals surface area (Å²) in [6, 6.07) is 2.58. The van der Waals surface area contributed by atoms with E-state index in [1.54, 1.807) is 0 Å². The molecular formula is C16H16O8. The monoisotopic (exact) mass is 336 g/mol. The van der Waals surface area contributed by atoms with Crippen LogP contribution in [0.5, 0.6) is 17.2 Å². The third-order valence-electron chi connectivity index (χ3n) is 2.52. The molecule has 1 aromatic rings. The highest BCUT2D eigenvalue weighted by Gasteiger charge is 2.20. The van der Waals surface area contributed by atoms with E-state index < -0.39 is 23.9 Å². The molecule has 8 nitrogen and oxygen atoms in total. The van der Waals surface area contributed by atoms with Crippen LogP contribution < -0.4 is 14.2 Å². The number of carboxylic acid groups (broad SMARTS) is 1. The second kappa shape index (κ2) is 7.91. The molecule has 0 saturated carbocycles. The van der Waals surface area contributed by atoms with Gasteiger partial charge in [0.15, 0.2) is 11.5 Å². The Balaban J connectivity index is 3.56. The van der Waals surface area contributed by atoms with E-state index in [2.05, 4.69) is 0 Å². The lowest BCUT2D eigenvalue weighted by atomic mass is 10.1. The molecule has 0 saturated heterocycles. The zero-order valence-corrected chi connectivity index (χ0v) is 13.5. The SMILES string of the molecule is CC(=O)Oc1cc(/C=C(\C)C(=O)O)cc(OC(C)=O)c1OC(C)=O. The van der Waals surface area contributed by atoms with Gasteiger partial charge in [-0.3, -0.25) is 14.4 Å². The van der Waals surface area contributed by atoms with Crippen molar-refractivity contribution in [2.45, 2.75) is 27.7 Å². The lowest BCUT2D eigenvalue weighted by molar-refractivity contribution is -0.135. The number of aliphatic carboxylic acids is 1. The van der Waals surface area contributed by atoms with E-state index in [4.69, 9.17) is 19.3 Å². The molecule has 0 amide bonds. The van der Waals surface area contributed by atoms with Gasteiger partial charge in [-0.15, -0.1) is 0 Å². The van der Waals surface area contributed by atoms with Crippen LogP contribution in [0, 0.1) is 0 Å². The zero-order chi connectivity index (χ0) is 18.4. The van der Waals surface area contributed by atoms with Crippen LogP contribution in [0.3, 0.4) is 0 Å². The Kier molecular flexibility index (Phi) is 6.22. The van der Waals surface area contributed by atoms with Gasteiger partial charge in [-0.1, -0.05) is 0 Å². The Labute approximate surface area is 137 Å². The summed E-state index contributed by atoms with van der Waals surface area (Å²) in [4.78, 5) is 44.7. The maximum Gasteiger partial charge on any atom is 0.331 e. The Morgan fingerprint density at radius 2 is 1.25 bits per heavy atom. The summed E-state index contributed by atoms with van der Waals surface area (Å²) < 4.78 is 14.9. The highest BCUT2D eigenvalue weighted by atomic mass is 16.6. The third kappa shape index (κ3) is 5.56. The van der Waals surface area contributed by atoms with Crippen molar-refractivity contribution in [2.75, 3.05) is 0 Å². The lowest BCUT2D eigenvalue weighted by Gasteiger charge is -2.14. The second-order valence-electron chi connectivity index (χ2n) is 4.76. The smallest absolute Gasteiger partial charge is 0.331 e. The van der Waals surface area contributed by atoms with E-state index in [9.17, 15) is 19.2 Å². The number of ether oxygens (including phenoxy) is 3. The van der Waals surface area contributed by atoms with Crippen molar-refractivity contribution in [3.63, 3.8) is 0 Å². The summed E-state index contributed by atoms with van der Waals surface area (Å²) in [5.41, 5.74) is 0.274. The largest absolute Gasteiger partial charge is 0.478 e. The van der Waals surface area contributed by atoms with Gasteiger partial charge in [0.05, 0.1) is 0 Å². The molecule has 128 valence electrons. The predicted molar refractivity (Wildman–Crippen MR) is 81.7 cm³/mol. The van der Waals surface area contributed by atoms with Crippen LogP contribution in [-0.4, -0.2) is 29.0 Å². The Hall–Kier alpha value is -3.16. The maximum atomic E-state index is 11.2. The molecule has 0 aliphatic carbocycles. The summed E-state index contributed by atoms with van der Waals surface area (Å²) in [6.45, 7) is 4.75. The molecule has 0 heterocycles. The van der Waals surface area contributed by atoms with Crippen LogP contribution >= 0.6 is 0 Å². The fraction of sp³-hybridized carbons (Fsp3) is 0.250. The van der Waals surface area contributed by atoms with Crippen LogP contribution in [-0.2, 0) is 19.2 Å². The molecule has 0 atom stereocenters. The first-order valence-corrected chi connectivity index (χ1v) is 6.75. The van der Waals surface area contributed by atoms with Crippen LogP contribution in [0.4, 0.5) is 0 Å². The van der Waals surface area contributed by atoms with Gasteiger partial charge >= 0.3 is 23.9 Å². The van der Waals surface area contributed by atoms with E-state index >= 15 is 0 Å². The van der Waals surface area contributed by atoms with Gasteiger partial charge in [-0.25, -0.2) is 4.79 Å². The number of carbonyl (C=O) groups is 4. The van der Waals surface area contributed by atoms with Crippen molar-refractivity contribution in [1.29, 1.82) is 0 Å². The molecule has 0 unspecified atom stereocenters. The molecule has 24 heavy (non-hydrogen) atoms. The molecular weight excluding hydrogens is 320 g/mol. The summed E-state index contributed by atoms with van der Waals surface area (Å²) in [5, 5.41) is 8.94. The molecule has 0 bridgehead atoms. The molecule has 1 N–H and O–H groups in total. The summed E-state index contributed by atoms with van der Waals surface area (Å²) in [7, 11) is 0. The van der Waals surface area contributed by atoms with Crippen molar-refractivity contribution in [2.24, 2.45) is 0 Å². The van der Waals surface area contributed by atoms with Crippen LogP contribution in [0.25, 0.3) is 6.08 Å². The van der Waals surface area contributed by atoms with Crippen molar-refractivity contribution >= 4 is 30.0 Å². The van der Waals surface area contributed by atoms with Crippen molar-refractivity contribution in [3.8, 4) is 17.2 Å². The minimum absolute atomic E-state index is 0.00205. The molecule has 0 spiro atoms. The summed E-state index contributed by atoms with van der Waals surface area (Å²) in [6.07, 6.45) is 1.28. The molecule has 0 radical (unpaired) electrons. The van der Waals surface area contributed by atoms with Gasteiger partial charge in [-0.05, 0) is 30.7 Å². The number of hydrogen-bond donors (Lipinski definition) is 1. The quantitative estimate of drug-likeness (QED) is 0.493. The normalized spacial score (nSPS) is 10.8. The molecule has 0 aliphatic rings. The van der Waals surface area contributed by atoms with Crippen LogP contribution in [0.15, 0.2) is 17.7 Å². The molecule has 0 aliphatic heterocycles. The van der Waals surface area contributed by atoms with Gasteiger partial charge < -0.3 is 19.3 Å². The maximum absolute atomic E-state index is 11.2. The number of hydrogen-bond acceptors (Lipinski definition) is 7. The Bertz CT molecular complexity index is 693. The van der Waals surface area contributed by atoms with Crippen LogP contribution in [0.2, 0.25) is 0 Å². The van der Waals surface area contributed by atoms with E-state index in [-0.39, 0.29) is 28.4 Å². The second-order valence-corrected chi connectivity index (χ2v) is 4.76. The Morgan fingerprint density at radius 1 is 0.833 bits per heavy atom. The van der Waals surface area contributed by atoms with Gasteiger partial charge in [-0.2, -0.15) is 0 Å². The highest BCUT2D eigenvalue weighted by Crippen LogP contribution is 2.40. The zero-order valence-electron chi connectivity index (χ0n) is 13.5. The van der Waals surface area contributed by atoms with Gasteiger partial charge in [0.25, 0.3) is 0 Å². The number of rotatable bonds is 5. The number of benzene rings is 1.